The number of rotatable bonds is 3. The third-order valence-electron chi connectivity index (χ3n) is 2.56. The molecule has 2 aromatic rings. The molecule has 0 radical (unpaired) electrons. The van der Waals surface area contributed by atoms with Crippen LogP contribution in [0, 0.1) is 5.82 Å². The Labute approximate surface area is 121 Å². The van der Waals surface area contributed by atoms with Crippen molar-refractivity contribution < 1.29 is 17.6 Å². The van der Waals surface area contributed by atoms with Gasteiger partial charge in [0.1, 0.15) is 11.6 Å². The summed E-state index contributed by atoms with van der Waals surface area (Å²) in [4.78, 5) is 3.69. The smallest absolute Gasteiger partial charge is 0.365 e. The van der Waals surface area contributed by atoms with Crippen LogP contribution in [0.15, 0.2) is 41.0 Å². The second-order valence-corrected chi connectivity index (χ2v) is 4.91. The molecule has 0 atom stereocenters. The maximum absolute atomic E-state index is 13.4. The van der Waals surface area contributed by atoms with Gasteiger partial charge in [-0.25, -0.2) is 9.37 Å². The topological polar surface area (TPSA) is 24.9 Å². The average Bonchev–Trinajstić information content (AvgIpc) is 2.38. The Hall–Kier alpha value is -1.63. The molecule has 1 N–H and O–H groups in total. The van der Waals surface area contributed by atoms with E-state index in [9.17, 15) is 17.6 Å². The molecule has 0 spiro atoms. The van der Waals surface area contributed by atoms with Crippen molar-refractivity contribution in [2.75, 3.05) is 5.32 Å². The van der Waals surface area contributed by atoms with Crippen LogP contribution < -0.4 is 5.32 Å². The third kappa shape index (κ3) is 3.47. The molecule has 0 saturated heterocycles. The minimum atomic E-state index is -4.53. The summed E-state index contributed by atoms with van der Waals surface area (Å²) in [6.07, 6.45) is -3.28. The van der Waals surface area contributed by atoms with E-state index >= 15 is 0 Å². The predicted molar refractivity (Wildman–Crippen MR) is 70.7 cm³/mol. The standard InChI is InChI=1S/C13H9BrF4N2/c14-9-5-10(13(16,17)18)12(20-7-9)19-6-8-3-1-2-4-11(8)15/h1-5,7H,6H2,(H,19,20). The lowest BCUT2D eigenvalue weighted by atomic mass is 10.2. The number of nitrogens with zero attached hydrogens (tertiary/aromatic N) is 1. The number of hydrogen-bond acceptors (Lipinski definition) is 2. The molecule has 1 heterocycles. The normalized spacial score (nSPS) is 11.4. The van der Waals surface area contributed by atoms with Crippen LogP contribution in [0.25, 0.3) is 0 Å². The summed E-state index contributed by atoms with van der Waals surface area (Å²) in [6, 6.07) is 6.79. The van der Waals surface area contributed by atoms with Crippen molar-refractivity contribution in [3.05, 3.63) is 57.9 Å². The molecule has 1 aromatic heterocycles. The van der Waals surface area contributed by atoms with E-state index in [1.165, 1.54) is 24.4 Å². The number of nitrogens with one attached hydrogen (secondary N) is 1. The molecular weight excluding hydrogens is 340 g/mol. The first-order valence-electron chi connectivity index (χ1n) is 5.58. The fourth-order valence-corrected chi connectivity index (χ4v) is 1.95. The van der Waals surface area contributed by atoms with Crippen molar-refractivity contribution >= 4 is 21.7 Å². The maximum Gasteiger partial charge on any atom is 0.419 e. The quantitative estimate of drug-likeness (QED) is 0.819. The molecule has 1 aromatic carbocycles. The Kier molecular flexibility index (Phi) is 4.27. The Morgan fingerprint density at radius 1 is 1.20 bits per heavy atom. The molecule has 2 rings (SSSR count). The van der Waals surface area contributed by atoms with Crippen molar-refractivity contribution in [2.24, 2.45) is 0 Å². The molecule has 0 unspecified atom stereocenters. The van der Waals surface area contributed by atoms with E-state index in [0.717, 1.165) is 6.07 Å². The third-order valence-corrected chi connectivity index (χ3v) is 3.00. The van der Waals surface area contributed by atoms with Crippen molar-refractivity contribution in [1.82, 2.24) is 4.98 Å². The van der Waals surface area contributed by atoms with Gasteiger partial charge in [0.15, 0.2) is 0 Å². The van der Waals surface area contributed by atoms with Gasteiger partial charge in [-0.15, -0.1) is 0 Å². The highest BCUT2D eigenvalue weighted by atomic mass is 79.9. The average molecular weight is 349 g/mol. The molecule has 7 heteroatoms. The fourth-order valence-electron chi connectivity index (χ4n) is 1.62. The second kappa shape index (κ2) is 5.78. The predicted octanol–water partition coefficient (Wildman–Crippen LogP) is 4.61. The number of halogens is 5. The zero-order valence-electron chi connectivity index (χ0n) is 10.0. The Bertz CT molecular complexity index is 614. The maximum atomic E-state index is 13.4. The largest absolute Gasteiger partial charge is 0.419 e. The minimum absolute atomic E-state index is 0.0790. The van der Waals surface area contributed by atoms with Crippen LogP contribution in [0.3, 0.4) is 0 Å². The van der Waals surface area contributed by atoms with Crippen LogP contribution in [0.1, 0.15) is 11.1 Å². The van der Waals surface area contributed by atoms with E-state index in [1.807, 2.05) is 0 Å². The molecule has 0 aliphatic carbocycles. The SMILES string of the molecule is Fc1ccccc1CNc1ncc(Br)cc1C(F)(F)F. The fraction of sp³-hybridized carbons (Fsp3) is 0.154. The summed E-state index contributed by atoms with van der Waals surface area (Å²) in [5, 5.41) is 2.51. The lowest BCUT2D eigenvalue weighted by molar-refractivity contribution is -0.137. The summed E-state index contributed by atoms with van der Waals surface area (Å²) < 4.78 is 52.2. The van der Waals surface area contributed by atoms with Crippen LogP contribution in [-0.2, 0) is 12.7 Å². The summed E-state index contributed by atoms with van der Waals surface area (Å²) >= 11 is 2.95. The van der Waals surface area contributed by atoms with Crippen LogP contribution in [-0.4, -0.2) is 4.98 Å². The highest BCUT2D eigenvalue weighted by Gasteiger charge is 2.34. The van der Waals surface area contributed by atoms with Gasteiger partial charge < -0.3 is 5.32 Å². The number of hydrogen-bond donors (Lipinski definition) is 1. The van der Waals surface area contributed by atoms with E-state index in [1.54, 1.807) is 6.07 Å². The molecule has 0 aliphatic heterocycles. The van der Waals surface area contributed by atoms with Gasteiger partial charge in [0.2, 0.25) is 0 Å². The first kappa shape index (κ1) is 14.8. The van der Waals surface area contributed by atoms with Crippen molar-refractivity contribution in [2.45, 2.75) is 12.7 Å². The number of alkyl halides is 3. The first-order chi connectivity index (χ1) is 9.38. The van der Waals surface area contributed by atoms with E-state index in [4.69, 9.17) is 0 Å². The van der Waals surface area contributed by atoms with Gasteiger partial charge in [0, 0.05) is 22.8 Å². The molecule has 0 amide bonds. The lowest BCUT2D eigenvalue weighted by Crippen LogP contribution is -2.12. The summed E-state index contributed by atoms with van der Waals surface area (Å²) in [7, 11) is 0. The number of pyridine rings is 1. The van der Waals surface area contributed by atoms with Gasteiger partial charge in [0.25, 0.3) is 0 Å². The van der Waals surface area contributed by atoms with Crippen LogP contribution in [0.4, 0.5) is 23.4 Å². The lowest BCUT2D eigenvalue weighted by Gasteiger charge is -2.14. The summed E-state index contributed by atoms with van der Waals surface area (Å²) in [5.74, 6) is -0.811. The molecule has 106 valence electrons. The van der Waals surface area contributed by atoms with E-state index < -0.39 is 17.6 Å². The zero-order valence-corrected chi connectivity index (χ0v) is 11.6. The molecule has 0 aliphatic rings. The number of aromatic nitrogens is 1. The van der Waals surface area contributed by atoms with Crippen LogP contribution >= 0.6 is 15.9 Å². The van der Waals surface area contributed by atoms with E-state index in [2.05, 4.69) is 26.2 Å². The van der Waals surface area contributed by atoms with Crippen molar-refractivity contribution in [1.29, 1.82) is 0 Å². The minimum Gasteiger partial charge on any atom is -0.365 e. The van der Waals surface area contributed by atoms with Gasteiger partial charge in [-0.1, -0.05) is 18.2 Å². The molecule has 0 bridgehead atoms. The zero-order chi connectivity index (χ0) is 14.8. The van der Waals surface area contributed by atoms with Crippen molar-refractivity contribution in [3.63, 3.8) is 0 Å². The molecule has 20 heavy (non-hydrogen) atoms. The van der Waals surface area contributed by atoms with Gasteiger partial charge in [-0.2, -0.15) is 13.2 Å². The number of anilines is 1. The highest BCUT2D eigenvalue weighted by Crippen LogP contribution is 2.35. The second-order valence-electron chi connectivity index (χ2n) is 3.99. The highest BCUT2D eigenvalue weighted by molar-refractivity contribution is 9.10. The molecule has 2 nitrogen and oxygen atoms in total. The van der Waals surface area contributed by atoms with E-state index in [0.29, 0.717) is 0 Å². The Morgan fingerprint density at radius 2 is 1.90 bits per heavy atom. The molecule has 0 fully saturated rings. The summed E-state index contributed by atoms with van der Waals surface area (Å²) in [5.41, 5.74) is -0.631. The van der Waals surface area contributed by atoms with Gasteiger partial charge >= 0.3 is 6.18 Å². The van der Waals surface area contributed by atoms with Gasteiger partial charge in [-0.3, -0.25) is 0 Å². The molecule has 0 saturated carbocycles. The molecular formula is C13H9BrF4N2. The Balaban J connectivity index is 2.24. The van der Waals surface area contributed by atoms with Gasteiger partial charge in [-0.05, 0) is 28.1 Å². The van der Waals surface area contributed by atoms with Crippen LogP contribution in [0.2, 0.25) is 0 Å². The van der Waals surface area contributed by atoms with Crippen LogP contribution in [0.5, 0.6) is 0 Å². The van der Waals surface area contributed by atoms with Gasteiger partial charge in [0.05, 0.1) is 5.56 Å². The number of benzene rings is 1. The van der Waals surface area contributed by atoms with Crippen molar-refractivity contribution in [3.8, 4) is 0 Å². The monoisotopic (exact) mass is 348 g/mol. The summed E-state index contributed by atoms with van der Waals surface area (Å²) in [6.45, 7) is -0.0790. The first-order valence-corrected chi connectivity index (χ1v) is 6.37. The van der Waals surface area contributed by atoms with E-state index in [-0.39, 0.29) is 22.4 Å². The Morgan fingerprint density at radius 3 is 2.55 bits per heavy atom.